The van der Waals surface area contributed by atoms with E-state index >= 15 is 0 Å². The minimum atomic E-state index is -5.22. The number of allylic oxidation sites excluding steroid dienone is 14. The van der Waals surface area contributed by atoms with Crippen LogP contribution in [-0.4, -0.2) is 23.0 Å². The standard InChI is InChI=1S/C40H66Cl2O7P2/c1-31(2)17-11-19-33(5)21-13-23-35(7)25-15-27-37(9)39(41)29-47-51(46,49-50(43,44)45)48-30-40(42)38(10)28-16-26-36(8)24-14-22-34(6)20-12-18-32(3)4/h17-18,21-22,25-26H,11-16,19-20,23-24,27-30H2,1-10H3,(H2,43,44,45)/b33-21+,34-22+,35-25+,36-26+,39-37+,40-38+. The fourth-order valence-corrected chi connectivity index (χ4v) is 7.27. The first kappa shape index (κ1) is 49.8. The van der Waals surface area contributed by atoms with Crippen molar-refractivity contribution in [2.24, 2.45) is 0 Å². The zero-order chi connectivity index (χ0) is 39.0. The third kappa shape index (κ3) is 28.9. The van der Waals surface area contributed by atoms with Crippen molar-refractivity contribution in [3.05, 3.63) is 91.1 Å². The largest absolute Gasteiger partial charge is 0.484 e. The van der Waals surface area contributed by atoms with Gasteiger partial charge in [-0.2, -0.15) is 4.31 Å². The number of halogens is 2. The highest BCUT2D eigenvalue weighted by molar-refractivity contribution is 7.61. The lowest BCUT2D eigenvalue weighted by Crippen LogP contribution is -2.04. The Kier molecular flexibility index (Phi) is 26.7. The second-order valence-electron chi connectivity index (χ2n) is 13.9. The Morgan fingerprint density at radius 1 is 0.490 bits per heavy atom. The lowest BCUT2D eigenvalue weighted by atomic mass is 10.0. The SMILES string of the molecule is CC(C)=CCC/C(C)=C/CC/C(C)=C/CC/C(C)=C(/Cl)COP(=O)(OC/C(Cl)=C(/C)CC/C=C(\C)CC/C=C(\C)CCC=C(C)C)OP(=O)(O)O. The first-order valence-electron chi connectivity index (χ1n) is 18.0. The molecule has 0 saturated heterocycles. The maximum atomic E-state index is 13.2. The van der Waals surface area contributed by atoms with Crippen LogP contribution in [0.5, 0.6) is 0 Å². The predicted octanol–water partition coefficient (Wildman–Crippen LogP) is 14.7. The van der Waals surface area contributed by atoms with Gasteiger partial charge in [-0.15, -0.1) is 0 Å². The molecular weight excluding hydrogens is 725 g/mol. The molecule has 7 nitrogen and oxygen atoms in total. The number of phosphoric acid groups is 2. The summed E-state index contributed by atoms with van der Waals surface area (Å²) in [7, 11) is -9.94. The molecule has 0 atom stereocenters. The number of phosphoric ester groups is 1. The molecule has 0 aliphatic carbocycles. The zero-order valence-corrected chi connectivity index (χ0v) is 36.3. The van der Waals surface area contributed by atoms with Crippen LogP contribution in [0.2, 0.25) is 0 Å². The van der Waals surface area contributed by atoms with Crippen LogP contribution in [0.15, 0.2) is 91.1 Å². The summed E-state index contributed by atoms with van der Waals surface area (Å²) in [6, 6.07) is 0. The molecule has 292 valence electrons. The lowest BCUT2D eigenvalue weighted by Gasteiger charge is -2.19. The summed E-state index contributed by atoms with van der Waals surface area (Å²) in [6.07, 6.45) is 24.5. The third-order valence-electron chi connectivity index (χ3n) is 8.10. The smallest absolute Gasteiger partial charge is 0.302 e. The Balaban J connectivity index is 5.05. The fourth-order valence-electron chi connectivity index (χ4n) is 4.75. The summed E-state index contributed by atoms with van der Waals surface area (Å²) in [5, 5.41) is 0.506. The van der Waals surface area contributed by atoms with Crippen LogP contribution in [0.1, 0.15) is 146 Å². The highest BCUT2D eigenvalue weighted by Gasteiger charge is 2.36. The Labute approximate surface area is 320 Å². The van der Waals surface area contributed by atoms with E-state index in [-0.39, 0.29) is 10.1 Å². The highest BCUT2D eigenvalue weighted by Crippen LogP contribution is 2.61. The van der Waals surface area contributed by atoms with Crippen LogP contribution >= 0.6 is 38.8 Å². The van der Waals surface area contributed by atoms with E-state index in [2.05, 4.69) is 96.2 Å². The molecule has 0 aliphatic heterocycles. The van der Waals surface area contributed by atoms with Crippen molar-refractivity contribution in [2.75, 3.05) is 13.2 Å². The monoisotopic (exact) mass is 790 g/mol. The molecule has 51 heavy (non-hydrogen) atoms. The molecule has 0 heterocycles. The Hall–Kier alpha value is -1.24. The van der Waals surface area contributed by atoms with Crippen molar-refractivity contribution in [2.45, 2.75) is 146 Å². The topological polar surface area (TPSA) is 102 Å². The van der Waals surface area contributed by atoms with Gasteiger partial charge in [0.05, 0.1) is 13.2 Å². The van der Waals surface area contributed by atoms with Crippen LogP contribution in [0.3, 0.4) is 0 Å². The van der Waals surface area contributed by atoms with Gasteiger partial charge in [0.2, 0.25) is 0 Å². The molecule has 0 radical (unpaired) electrons. The molecule has 0 aromatic carbocycles. The van der Waals surface area contributed by atoms with Gasteiger partial charge in [-0.3, -0.25) is 9.05 Å². The van der Waals surface area contributed by atoms with Crippen LogP contribution < -0.4 is 0 Å². The molecule has 0 aromatic rings. The molecule has 0 spiro atoms. The summed E-state index contributed by atoms with van der Waals surface area (Å²) in [6.45, 7) is 19.9. The van der Waals surface area contributed by atoms with E-state index in [4.69, 9.17) is 32.2 Å². The molecule has 0 fully saturated rings. The Bertz CT molecular complexity index is 1330. The van der Waals surface area contributed by atoms with Gasteiger partial charge in [-0.25, -0.2) is 9.13 Å². The van der Waals surface area contributed by atoms with Crippen molar-refractivity contribution in [1.29, 1.82) is 0 Å². The van der Waals surface area contributed by atoms with Gasteiger partial charge in [0.25, 0.3) is 0 Å². The number of rotatable bonds is 26. The van der Waals surface area contributed by atoms with Gasteiger partial charge in [-0.05, 0) is 146 Å². The molecule has 11 heteroatoms. The Morgan fingerprint density at radius 2 is 0.765 bits per heavy atom. The first-order chi connectivity index (χ1) is 23.7. The molecule has 0 aromatic heterocycles. The minimum Gasteiger partial charge on any atom is -0.302 e. The molecule has 0 aliphatic rings. The number of hydrogen-bond acceptors (Lipinski definition) is 5. The molecule has 0 bridgehead atoms. The second kappa shape index (κ2) is 27.4. The second-order valence-corrected chi connectivity index (χ2v) is 17.9. The van der Waals surface area contributed by atoms with E-state index < -0.39 is 28.9 Å². The predicted molar refractivity (Wildman–Crippen MR) is 219 cm³/mol. The quantitative estimate of drug-likeness (QED) is 0.0664. The average Bonchev–Trinajstić information content (AvgIpc) is 3.01. The molecule has 2 N–H and O–H groups in total. The summed E-state index contributed by atoms with van der Waals surface area (Å²) in [5.41, 5.74) is 9.65. The van der Waals surface area contributed by atoms with Crippen LogP contribution in [0, 0.1) is 0 Å². The van der Waals surface area contributed by atoms with E-state index in [0.29, 0.717) is 12.8 Å². The van der Waals surface area contributed by atoms with Gasteiger partial charge in [0, 0.05) is 10.1 Å². The third-order valence-corrected chi connectivity index (χ3v) is 11.5. The van der Waals surface area contributed by atoms with Crippen molar-refractivity contribution < 1.29 is 32.3 Å². The van der Waals surface area contributed by atoms with Crippen LogP contribution in [0.25, 0.3) is 0 Å². The normalized spacial score (nSPS) is 15.6. The molecular formula is C40H66Cl2O7P2. The maximum Gasteiger partial charge on any atom is 0.484 e. The fraction of sp³-hybridized carbons (Fsp3) is 0.600. The molecule has 0 rings (SSSR count). The van der Waals surface area contributed by atoms with Gasteiger partial charge in [0.1, 0.15) is 0 Å². The van der Waals surface area contributed by atoms with Crippen molar-refractivity contribution in [1.82, 2.24) is 0 Å². The molecule has 0 unspecified atom stereocenters. The van der Waals surface area contributed by atoms with E-state index in [1.807, 2.05) is 13.8 Å². The summed E-state index contributed by atoms with van der Waals surface area (Å²) in [4.78, 5) is 18.8. The summed E-state index contributed by atoms with van der Waals surface area (Å²) >= 11 is 12.9. The molecule has 0 amide bonds. The first-order valence-corrected chi connectivity index (χ1v) is 21.7. The van der Waals surface area contributed by atoms with Crippen molar-refractivity contribution >= 4 is 38.8 Å². The summed E-state index contributed by atoms with van der Waals surface area (Å²) in [5.74, 6) is 0. The van der Waals surface area contributed by atoms with Gasteiger partial charge in [-0.1, -0.05) is 104 Å². The van der Waals surface area contributed by atoms with Crippen molar-refractivity contribution in [3.8, 4) is 0 Å². The van der Waals surface area contributed by atoms with E-state index in [0.717, 1.165) is 75.4 Å². The van der Waals surface area contributed by atoms with Gasteiger partial charge < -0.3 is 9.79 Å². The van der Waals surface area contributed by atoms with E-state index in [1.54, 1.807) is 0 Å². The van der Waals surface area contributed by atoms with Crippen LogP contribution in [0.4, 0.5) is 0 Å². The van der Waals surface area contributed by atoms with E-state index in [9.17, 15) is 18.9 Å². The summed E-state index contributed by atoms with van der Waals surface area (Å²) < 4.78 is 39.8. The van der Waals surface area contributed by atoms with E-state index in [1.165, 1.54) is 33.4 Å². The Morgan fingerprint density at radius 3 is 1.04 bits per heavy atom. The van der Waals surface area contributed by atoms with Crippen LogP contribution in [-0.2, 0) is 22.5 Å². The van der Waals surface area contributed by atoms with Gasteiger partial charge >= 0.3 is 15.6 Å². The zero-order valence-electron chi connectivity index (χ0n) is 32.9. The minimum absolute atomic E-state index is 0.253. The maximum absolute atomic E-state index is 13.2. The van der Waals surface area contributed by atoms with Crippen molar-refractivity contribution in [3.63, 3.8) is 0 Å². The lowest BCUT2D eigenvalue weighted by molar-refractivity contribution is 0.158. The average molecular weight is 792 g/mol. The van der Waals surface area contributed by atoms with Gasteiger partial charge in [0.15, 0.2) is 0 Å². The molecule has 0 saturated carbocycles. The number of hydrogen-bond donors (Lipinski definition) is 2. The highest BCUT2D eigenvalue weighted by atomic mass is 35.5.